The Bertz CT molecular complexity index is 566. The molecule has 19 heavy (non-hydrogen) atoms. The number of fused-ring (bicyclic) bond motifs is 1. The predicted molar refractivity (Wildman–Crippen MR) is 71.7 cm³/mol. The molecule has 5 nitrogen and oxygen atoms in total. The summed E-state index contributed by atoms with van der Waals surface area (Å²) in [5, 5.41) is 7.83. The summed E-state index contributed by atoms with van der Waals surface area (Å²) in [4.78, 5) is 4.24. The largest absolute Gasteiger partial charge is 0.493 e. The number of para-hydroxylation sites is 1. The Kier molecular flexibility index (Phi) is 3.21. The van der Waals surface area contributed by atoms with E-state index in [1.807, 2.05) is 25.2 Å². The fraction of sp³-hybridized carbons (Fsp3) is 0.429. The molecule has 2 heterocycles. The van der Waals surface area contributed by atoms with Crippen LogP contribution in [0.3, 0.4) is 0 Å². The van der Waals surface area contributed by atoms with Gasteiger partial charge in [0.1, 0.15) is 12.1 Å². The number of nitrogens with zero attached hydrogens (tertiary/aromatic N) is 3. The Morgan fingerprint density at radius 3 is 3.05 bits per heavy atom. The van der Waals surface area contributed by atoms with Crippen molar-refractivity contribution in [3.8, 4) is 5.75 Å². The fourth-order valence-corrected chi connectivity index (χ4v) is 2.47. The molecule has 0 fully saturated rings. The molecule has 3 rings (SSSR count). The molecule has 2 unspecified atom stereocenters. The molecule has 100 valence electrons. The summed E-state index contributed by atoms with van der Waals surface area (Å²) in [6.07, 6.45) is 1.72. The maximum absolute atomic E-state index is 5.75. The monoisotopic (exact) mass is 258 g/mol. The van der Waals surface area contributed by atoms with Gasteiger partial charge in [0.2, 0.25) is 0 Å². The maximum atomic E-state index is 5.75. The molecule has 2 aromatic rings. The number of aromatic nitrogens is 3. The van der Waals surface area contributed by atoms with E-state index in [2.05, 4.69) is 28.4 Å². The van der Waals surface area contributed by atoms with Gasteiger partial charge in [-0.1, -0.05) is 25.1 Å². The maximum Gasteiger partial charge on any atom is 0.164 e. The molecule has 0 aliphatic carbocycles. The third-order valence-electron chi connectivity index (χ3n) is 3.45. The Balaban J connectivity index is 1.76. The molecule has 1 aromatic heterocycles. The van der Waals surface area contributed by atoms with Crippen molar-refractivity contribution in [3.05, 3.63) is 42.0 Å². The number of hydrogen-bond acceptors (Lipinski definition) is 4. The standard InChI is InChI=1S/C14H18N4O/c1-10-8-19-12-6-4-3-5-11(12)14(10)15-7-13-16-9-18(2)17-13/h3-6,9-10,14-15H,7-8H2,1-2H3. The number of benzene rings is 1. The Morgan fingerprint density at radius 2 is 2.26 bits per heavy atom. The van der Waals surface area contributed by atoms with Gasteiger partial charge in [0.25, 0.3) is 0 Å². The van der Waals surface area contributed by atoms with Crippen LogP contribution in [0.1, 0.15) is 24.4 Å². The minimum Gasteiger partial charge on any atom is -0.493 e. The SMILES string of the molecule is CC1COc2ccccc2C1NCc1ncn(C)n1. The molecule has 0 bridgehead atoms. The van der Waals surface area contributed by atoms with Crippen molar-refractivity contribution >= 4 is 0 Å². The quantitative estimate of drug-likeness (QED) is 0.910. The highest BCUT2D eigenvalue weighted by molar-refractivity contribution is 5.37. The number of aryl methyl sites for hydroxylation is 1. The lowest BCUT2D eigenvalue weighted by Crippen LogP contribution is -2.33. The molecule has 1 aromatic carbocycles. The van der Waals surface area contributed by atoms with Crippen LogP contribution in [0.5, 0.6) is 5.75 Å². The van der Waals surface area contributed by atoms with E-state index < -0.39 is 0 Å². The summed E-state index contributed by atoms with van der Waals surface area (Å²) in [7, 11) is 1.88. The molecule has 0 saturated heterocycles. The molecule has 1 aliphatic heterocycles. The van der Waals surface area contributed by atoms with E-state index in [1.54, 1.807) is 11.0 Å². The summed E-state index contributed by atoms with van der Waals surface area (Å²) in [6.45, 7) is 3.61. The van der Waals surface area contributed by atoms with Crippen LogP contribution in [0.15, 0.2) is 30.6 Å². The molecular weight excluding hydrogens is 240 g/mol. The number of rotatable bonds is 3. The van der Waals surface area contributed by atoms with E-state index in [9.17, 15) is 0 Å². The Hall–Kier alpha value is -1.88. The number of nitrogens with one attached hydrogen (secondary N) is 1. The van der Waals surface area contributed by atoms with E-state index in [4.69, 9.17) is 4.74 Å². The first-order valence-electron chi connectivity index (χ1n) is 6.53. The molecule has 2 atom stereocenters. The van der Waals surface area contributed by atoms with Crippen LogP contribution in [0, 0.1) is 5.92 Å². The van der Waals surface area contributed by atoms with Gasteiger partial charge >= 0.3 is 0 Å². The fourth-order valence-electron chi connectivity index (χ4n) is 2.47. The average molecular weight is 258 g/mol. The van der Waals surface area contributed by atoms with Gasteiger partial charge in [0.15, 0.2) is 5.82 Å². The zero-order chi connectivity index (χ0) is 13.2. The second-order valence-electron chi connectivity index (χ2n) is 5.02. The van der Waals surface area contributed by atoms with Crippen LogP contribution in [0.2, 0.25) is 0 Å². The topological polar surface area (TPSA) is 52.0 Å². The van der Waals surface area contributed by atoms with Gasteiger partial charge in [0.05, 0.1) is 13.2 Å². The Morgan fingerprint density at radius 1 is 1.42 bits per heavy atom. The lowest BCUT2D eigenvalue weighted by molar-refractivity contribution is 0.187. The zero-order valence-electron chi connectivity index (χ0n) is 11.2. The van der Waals surface area contributed by atoms with Crippen LogP contribution < -0.4 is 10.1 Å². The van der Waals surface area contributed by atoms with Crippen molar-refractivity contribution in [1.82, 2.24) is 20.1 Å². The highest BCUT2D eigenvalue weighted by Gasteiger charge is 2.27. The summed E-state index contributed by atoms with van der Waals surface area (Å²) in [6, 6.07) is 8.48. The normalized spacial score (nSPS) is 21.8. The molecular formula is C14H18N4O. The summed E-state index contributed by atoms with van der Waals surface area (Å²) < 4.78 is 7.47. The van der Waals surface area contributed by atoms with Crippen molar-refractivity contribution in [3.63, 3.8) is 0 Å². The summed E-state index contributed by atoms with van der Waals surface area (Å²) in [5.74, 6) is 2.23. The van der Waals surface area contributed by atoms with Crippen LogP contribution in [0.4, 0.5) is 0 Å². The van der Waals surface area contributed by atoms with Crippen LogP contribution in [-0.2, 0) is 13.6 Å². The molecule has 0 radical (unpaired) electrons. The van der Waals surface area contributed by atoms with Gasteiger partial charge < -0.3 is 10.1 Å². The minimum absolute atomic E-state index is 0.286. The first-order chi connectivity index (χ1) is 9.24. The molecule has 0 spiro atoms. The van der Waals surface area contributed by atoms with Crippen LogP contribution in [-0.4, -0.2) is 21.4 Å². The molecule has 1 aliphatic rings. The predicted octanol–water partition coefficient (Wildman–Crippen LogP) is 1.67. The van der Waals surface area contributed by atoms with E-state index in [-0.39, 0.29) is 6.04 Å². The first-order valence-corrected chi connectivity index (χ1v) is 6.53. The lowest BCUT2D eigenvalue weighted by Gasteiger charge is -2.32. The van der Waals surface area contributed by atoms with Gasteiger partial charge in [-0.15, -0.1) is 0 Å². The average Bonchev–Trinajstić information content (AvgIpc) is 2.83. The second-order valence-corrected chi connectivity index (χ2v) is 5.02. The van der Waals surface area contributed by atoms with Crippen molar-refractivity contribution in [1.29, 1.82) is 0 Å². The third-order valence-corrected chi connectivity index (χ3v) is 3.45. The van der Waals surface area contributed by atoms with Crippen molar-refractivity contribution in [2.75, 3.05) is 6.61 Å². The zero-order valence-corrected chi connectivity index (χ0v) is 11.2. The van der Waals surface area contributed by atoms with Gasteiger partial charge in [-0.05, 0) is 6.07 Å². The smallest absolute Gasteiger partial charge is 0.164 e. The second kappa shape index (κ2) is 5.01. The van der Waals surface area contributed by atoms with Gasteiger partial charge in [-0.25, -0.2) is 4.98 Å². The highest BCUT2D eigenvalue weighted by atomic mass is 16.5. The van der Waals surface area contributed by atoms with Gasteiger partial charge in [-0.2, -0.15) is 5.10 Å². The first kappa shape index (κ1) is 12.2. The molecule has 5 heteroatoms. The highest BCUT2D eigenvalue weighted by Crippen LogP contribution is 2.34. The Labute approximate surface area is 112 Å². The van der Waals surface area contributed by atoms with Crippen LogP contribution >= 0.6 is 0 Å². The van der Waals surface area contributed by atoms with E-state index in [0.717, 1.165) is 18.2 Å². The van der Waals surface area contributed by atoms with E-state index in [0.29, 0.717) is 12.5 Å². The molecule has 1 N–H and O–H groups in total. The van der Waals surface area contributed by atoms with E-state index >= 15 is 0 Å². The van der Waals surface area contributed by atoms with Gasteiger partial charge in [-0.3, -0.25) is 4.68 Å². The van der Waals surface area contributed by atoms with E-state index in [1.165, 1.54) is 5.56 Å². The number of ether oxygens (including phenoxy) is 1. The molecule has 0 amide bonds. The number of hydrogen-bond donors (Lipinski definition) is 1. The van der Waals surface area contributed by atoms with Crippen molar-refractivity contribution in [2.45, 2.75) is 19.5 Å². The van der Waals surface area contributed by atoms with Crippen molar-refractivity contribution in [2.24, 2.45) is 13.0 Å². The minimum atomic E-state index is 0.286. The third kappa shape index (κ3) is 2.46. The summed E-state index contributed by atoms with van der Waals surface area (Å²) >= 11 is 0. The molecule has 0 saturated carbocycles. The van der Waals surface area contributed by atoms with Crippen molar-refractivity contribution < 1.29 is 4.74 Å². The lowest BCUT2D eigenvalue weighted by atomic mass is 9.92. The van der Waals surface area contributed by atoms with Crippen LogP contribution in [0.25, 0.3) is 0 Å². The van der Waals surface area contributed by atoms with Gasteiger partial charge in [0, 0.05) is 24.6 Å². The summed E-state index contributed by atoms with van der Waals surface area (Å²) in [5.41, 5.74) is 1.22.